The van der Waals surface area contributed by atoms with Gasteiger partial charge in [0.2, 0.25) is 5.91 Å². The number of phenols is 1. The highest BCUT2D eigenvalue weighted by Gasteiger charge is 2.39. The fraction of sp³-hybridized carbons (Fsp3) is 0.375. The first-order valence-electron chi connectivity index (χ1n) is 7.15. The Kier molecular flexibility index (Phi) is 4.96. The number of nitrogens with zero attached hydrogens (tertiary/aromatic N) is 2. The van der Waals surface area contributed by atoms with Gasteiger partial charge in [-0.1, -0.05) is 18.2 Å². The first-order chi connectivity index (χ1) is 11.0. The SMILES string of the molecule is C#CCCC1(CCC(=O)NC(C(=O)O)c2ccccc2O)N=N1. The van der Waals surface area contributed by atoms with E-state index >= 15 is 0 Å². The molecular formula is C16H17N3O4. The molecule has 0 radical (unpaired) electrons. The summed E-state index contributed by atoms with van der Waals surface area (Å²) in [6.45, 7) is 0. The normalized spacial score (nSPS) is 15.4. The highest BCUT2D eigenvalue weighted by Crippen LogP contribution is 2.37. The summed E-state index contributed by atoms with van der Waals surface area (Å²) < 4.78 is 0. The number of aromatic hydroxyl groups is 1. The molecule has 0 bridgehead atoms. The van der Waals surface area contributed by atoms with Gasteiger partial charge in [-0.25, -0.2) is 4.79 Å². The highest BCUT2D eigenvalue weighted by atomic mass is 16.4. The summed E-state index contributed by atoms with van der Waals surface area (Å²) in [5.41, 5.74) is -0.451. The number of carboxylic acid groups (broad SMARTS) is 1. The lowest BCUT2D eigenvalue weighted by Crippen LogP contribution is -2.34. The molecule has 0 aromatic heterocycles. The molecule has 1 aliphatic rings. The molecule has 1 unspecified atom stereocenters. The zero-order valence-corrected chi connectivity index (χ0v) is 12.4. The Morgan fingerprint density at radius 1 is 1.30 bits per heavy atom. The second-order valence-electron chi connectivity index (χ2n) is 5.28. The number of hydrogen-bond donors (Lipinski definition) is 3. The predicted octanol–water partition coefficient (Wildman–Crippen LogP) is 1.99. The molecule has 1 heterocycles. The first kappa shape index (κ1) is 16.5. The Morgan fingerprint density at radius 3 is 2.57 bits per heavy atom. The van der Waals surface area contributed by atoms with E-state index in [4.69, 9.17) is 6.42 Å². The van der Waals surface area contributed by atoms with Crippen LogP contribution >= 0.6 is 0 Å². The Morgan fingerprint density at radius 2 is 2.00 bits per heavy atom. The number of nitrogens with one attached hydrogen (secondary N) is 1. The maximum atomic E-state index is 12.0. The van der Waals surface area contributed by atoms with E-state index in [0.29, 0.717) is 19.3 Å². The van der Waals surface area contributed by atoms with Crippen LogP contribution in [0.3, 0.4) is 0 Å². The maximum absolute atomic E-state index is 12.0. The molecule has 7 nitrogen and oxygen atoms in total. The van der Waals surface area contributed by atoms with Crippen LogP contribution in [-0.2, 0) is 9.59 Å². The maximum Gasteiger partial charge on any atom is 0.331 e. The van der Waals surface area contributed by atoms with Crippen molar-refractivity contribution in [3.63, 3.8) is 0 Å². The number of carboxylic acids is 1. The molecule has 0 spiro atoms. The molecule has 1 aliphatic heterocycles. The van der Waals surface area contributed by atoms with E-state index in [9.17, 15) is 19.8 Å². The Labute approximate surface area is 133 Å². The quantitative estimate of drug-likeness (QED) is 0.637. The summed E-state index contributed by atoms with van der Waals surface area (Å²) in [4.78, 5) is 23.4. The van der Waals surface area contributed by atoms with Crippen LogP contribution in [0.25, 0.3) is 0 Å². The minimum absolute atomic E-state index is 0.0783. The summed E-state index contributed by atoms with van der Waals surface area (Å²) >= 11 is 0. The van der Waals surface area contributed by atoms with Crippen molar-refractivity contribution in [3.05, 3.63) is 29.8 Å². The highest BCUT2D eigenvalue weighted by molar-refractivity contribution is 5.85. The number of hydrogen-bond acceptors (Lipinski definition) is 5. The van der Waals surface area contributed by atoms with E-state index in [2.05, 4.69) is 21.5 Å². The van der Waals surface area contributed by atoms with Crippen molar-refractivity contribution in [1.82, 2.24) is 5.32 Å². The third-order valence-electron chi connectivity index (χ3n) is 3.61. The van der Waals surface area contributed by atoms with Crippen molar-refractivity contribution in [2.24, 2.45) is 10.2 Å². The molecule has 2 rings (SSSR count). The van der Waals surface area contributed by atoms with Crippen molar-refractivity contribution in [2.45, 2.75) is 37.4 Å². The molecule has 23 heavy (non-hydrogen) atoms. The predicted molar refractivity (Wildman–Crippen MR) is 81.5 cm³/mol. The summed E-state index contributed by atoms with van der Waals surface area (Å²) in [5, 5.41) is 29.3. The van der Waals surface area contributed by atoms with Gasteiger partial charge in [-0.15, -0.1) is 12.3 Å². The monoisotopic (exact) mass is 315 g/mol. The fourth-order valence-corrected chi connectivity index (χ4v) is 2.22. The molecule has 3 N–H and O–H groups in total. The number of benzene rings is 1. The largest absolute Gasteiger partial charge is 0.508 e. The molecule has 120 valence electrons. The standard InChI is InChI=1S/C16H17N3O4/c1-2-3-9-16(18-19-16)10-8-13(21)17-14(15(22)23)11-6-4-5-7-12(11)20/h1,4-7,14,20H,3,8-10H2,(H,17,21)(H,22,23). The fourth-order valence-electron chi connectivity index (χ4n) is 2.22. The third-order valence-corrected chi connectivity index (χ3v) is 3.61. The van der Waals surface area contributed by atoms with Crippen molar-refractivity contribution in [1.29, 1.82) is 0 Å². The van der Waals surface area contributed by atoms with Crippen molar-refractivity contribution in [2.75, 3.05) is 0 Å². The summed E-state index contributed by atoms with van der Waals surface area (Å²) in [7, 11) is 0. The van der Waals surface area contributed by atoms with Gasteiger partial charge in [0.05, 0.1) is 0 Å². The average Bonchev–Trinajstić information content (AvgIpc) is 3.30. The number of phenolic OH excluding ortho intramolecular Hbond substituents is 1. The number of terminal acetylenes is 1. The Balaban J connectivity index is 1.93. The van der Waals surface area contributed by atoms with Crippen LogP contribution in [0.1, 0.15) is 37.3 Å². The van der Waals surface area contributed by atoms with Gasteiger partial charge in [0.25, 0.3) is 0 Å². The van der Waals surface area contributed by atoms with Crippen LogP contribution < -0.4 is 5.32 Å². The summed E-state index contributed by atoms with van der Waals surface area (Å²) in [6, 6.07) is 4.68. The molecule has 1 atom stereocenters. The number of carbonyl (C=O) groups excluding carboxylic acids is 1. The molecular weight excluding hydrogens is 298 g/mol. The molecule has 1 amide bonds. The van der Waals surface area contributed by atoms with Crippen LogP contribution in [0, 0.1) is 12.3 Å². The van der Waals surface area contributed by atoms with Crippen molar-refractivity contribution >= 4 is 11.9 Å². The van der Waals surface area contributed by atoms with E-state index in [1.54, 1.807) is 12.1 Å². The Hall–Kier alpha value is -2.88. The van der Waals surface area contributed by atoms with Crippen LogP contribution in [0.2, 0.25) is 0 Å². The van der Waals surface area contributed by atoms with Gasteiger partial charge in [0.15, 0.2) is 11.7 Å². The summed E-state index contributed by atoms with van der Waals surface area (Å²) in [5.74, 6) is 0.624. The number of para-hydroxylation sites is 1. The van der Waals surface area contributed by atoms with Gasteiger partial charge in [0, 0.05) is 31.2 Å². The molecule has 0 saturated heterocycles. The minimum atomic E-state index is -1.31. The van der Waals surface area contributed by atoms with Crippen LogP contribution in [0.4, 0.5) is 0 Å². The van der Waals surface area contributed by atoms with Crippen LogP contribution in [0.15, 0.2) is 34.5 Å². The van der Waals surface area contributed by atoms with Crippen LogP contribution in [-0.4, -0.2) is 27.8 Å². The summed E-state index contributed by atoms with van der Waals surface area (Å²) in [6.07, 6.45) is 6.76. The number of aliphatic carboxylic acids is 1. The van der Waals surface area contributed by atoms with E-state index < -0.39 is 23.6 Å². The number of carbonyl (C=O) groups is 2. The molecule has 7 heteroatoms. The minimum Gasteiger partial charge on any atom is -0.508 e. The molecule has 1 aromatic carbocycles. The Bertz CT molecular complexity index is 672. The van der Waals surface area contributed by atoms with Gasteiger partial charge < -0.3 is 15.5 Å². The zero-order valence-electron chi connectivity index (χ0n) is 12.4. The average molecular weight is 315 g/mol. The van der Waals surface area contributed by atoms with E-state index in [0.717, 1.165) is 0 Å². The second-order valence-corrected chi connectivity index (χ2v) is 5.28. The lowest BCUT2D eigenvalue weighted by molar-refractivity contribution is -0.142. The van der Waals surface area contributed by atoms with Crippen molar-refractivity contribution < 1.29 is 19.8 Å². The zero-order chi connectivity index (χ0) is 16.9. The van der Waals surface area contributed by atoms with E-state index in [1.165, 1.54) is 12.1 Å². The number of amides is 1. The smallest absolute Gasteiger partial charge is 0.331 e. The van der Waals surface area contributed by atoms with Gasteiger partial charge in [0.1, 0.15) is 5.75 Å². The van der Waals surface area contributed by atoms with E-state index in [1.807, 2.05) is 0 Å². The first-order valence-corrected chi connectivity index (χ1v) is 7.15. The molecule has 0 fully saturated rings. The lowest BCUT2D eigenvalue weighted by atomic mass is 10.0. The number of rotatable bonds is 8. The van der Waals surface area contributed by atoms with Crippen molar-refractivity contribution in [3.8, 4) is 18.1 Å². The molecule has 0 saturated carbocycles. The van der Waals surface area contributed by atoms with Gasteiger partial charge in [-0.05, 0) is 6.07 Å². The second kappa shape index (κ2) is 6.92. The molecule has 0 aliphatic carbocycles. The van der Waals surface area contributed by atoms with Gasteiger partial charge in [-0.2, -0.15) is 10.2 Å². The third kappa shape index (κ3) is 4.30. The van der Waals surface area contributed by atoms with Gasteiger partial charge >= 0.3 is 5.97 Å². The van der Waals surface area contributed by atoms with Crippen LogP contribution in [0.5, 0.6) is 5.75 Å². The van der Waals surface area contributed by atoms with Gasteiger partial charge in [-0.3, -0.25) is 4.79 Å². The van der Waals surface area contributed by atoms with E-state index in [-0.39, 0.29) is 17.7 Å². The topological polar surface area (TPSA) is 111 Å². The molecule has 1 aromatic rings. The lowest BCUT2D eigenvalue weighted by Gasteiger charge is -2.16.